The number of fused-ring (bicyclic) bond motifs is 2. The molecule has 2 aromatic heterocycles. The Hall–Kier alpha value is -4.24. The number of pyridine rings is 1. The Bertz CT molecular complexity index is 1750. The number of hydrogen-bond acceptors (Lipinski definition) is 4. The van der Waals surface area contributed by atoms with Crippen molar-refractivity contribution in [1.82, 2.24) is 19.6 Å². The number of halogens is 2. The SMILES string of the molecule is COc1ccc2cccc(CC(=O)N3CC(NC(=O)Cc4cn5cc(F)ccc5n4)(c4ccc(Br)cc4)C3)c2c1. The summed E-state index contributed by atoms with van der Waals surface area (Å²) >= 11 is 3.47. The van der Waals surface area contributed by atoms with Gasteiger partial charge in [0.25, 0.3) is 0 Å². The van der Waals surface area contributed by atoms with Crippen LogP contribution in [0.3, 0.4) is 0 Å². The zero-order valence-corrected chi connectivity index (χ0v) is 23.3. The quantitative estimate of drug-likeness (QED) is 0.284. The second-order valence-corrected chi connectivity index (χ2v) is 11.0. The van der Waals surface area contributed by atoms with E-state index in [0.717, 1.165) is 32.1 Å². The molecule has 0 spiro atoms. The minimum atomic E-state index is -0.722. The van der Waals surface area contributed by atoms with Gasteiger partial charge in [-0.2, -0.15) is 0 Å². The van der Waals surface area contributed by atoms with Gasteiger partial charge in [-0.05, 0) is 58.3 Å². The van der Waals surface area contributed by atoms with Crippen molar-refractivity contribution < 1.29 is 18.7 Å². The van der Waals surface area contributed by atoms with E-state index in [4.69, 9.17) is 4.74 Å². The maximum atomic E-state index is 13.6. The average Bonchev–Trinajstić information content (AvgIpc) is 3.32. The zero-order chi connectivity index (χ0) is 27.9. The normalized spacial score (nSPS) is 14.2. The van der Waals surface area contributed by atoms with E-state index < -0.39 is 5.54 Å². The first kappa shape index (κ1) is 26.0. The van der Waals surface area contributed by atoms with E-state index in [0.29, 0.717) is 24.4 Å². The van der Waals surface area contributed by atoms with Gasteiger partial charge in [-0.3, -0.25) is 9.59 Å². The first-order valence-corrected chi connectivity index (χ1v) is 13.6. The molecule has 6 rings (SSSR count). The number of nitrogens with one attached hydrogen (secondary N) is 1. The predicted molar refractivity (Wildman–Crippen MR) is 154 cm³/mol. The Labute approximate surface area is 238 Å². The Morgan fingerprint density at radius 1 is 1.02 bits per heavy atom. The lowest BCUT2D eigenvalue weighted by molar-refractivity contribution is -0.142. The van der Waals surface area contributed by atoms with Crippen LogP contribution in [0.15, 0.2) is 89.7 Å². The van der Waals surface area contributed by atoms with Gasteiger partial charge in [0, 0.05) is 30.0 Å². The minimum Gasteiger partial charge on any atom is -0.497 e. The first-order chi connectivity index (χ1) is 19.3. The summed E-state index contributed by atoms with van der Waals surface area (Å²) in [5, 5.41) is 5.20. The smallest absolute Gasteiger partial charge is 0.227 e. The van der Waals surface area contributed by atoms with Crippen molar-refractivity contribution >= 4 is 44.2 Å². The number of benzene rings is 3. The number of nitrogens with zero attached hydrogens (tertiary/aromatic N) is 3. The Kier molecular flexibility index (Phi) is 6.75. The number of ether oxygens (including phenoxy) is 1. The molecule has 40 heavy (non-hydrogen) atoms. The number of carbonyl (C=O) groups excluding carboxylic acids is 2. The maximum absolute atomic E-state index is 13.6. The summed E-state index contributed by atoms with van der Waals surface area (Å²) in [7, 11) is 1.62. The lowest BCUT2D eigenvalue weighted by atomic mass is 9.81. The number of amides is 2. The monoisotopic (exact) mass is 600 g/mol. The third kappa shape index (κ3) is 5.04. The zero-order valence-electron chi connectivity index (χ0n) is 21.7. The van der Waals surface area contributed by atoms with Crippen LogP contribution in [0.4, 0.5) is 4.39 Å². The van der Waals surface area contributed by atoms with E-state index in [1.807, 2.05) is 60.7 Å². The summed E-state index contributed by atoms with van der Waals surface area (Å²) in [6.45, 7) is 0.702. The number of imidazole rings is 1. The highest BCUT2D eigenvalue weighted by Gasteiger charge is 2.47. The molecule has 5 aromatic rings. The van der Waals surface area contributed by atoms with Crippen LogP contribution < -0.4 is 10.1 Å². The van der Waals surface area contributed by atoms with Gasteiger partial charge < -0.3 is 19.4 Å². The highest BCUT2D eigenvalue weighted by Crippen LogP contribution is 2.34. The topological polar surface area (TPSA) is 75.9 Å². The molecule has 1 saturated heterocycles. The second-order valence-electron chi connectivity index (χ2n) is 10.1. The van der Waals surface area contributed by atoms with Gasteiger partial charge in [0.1, 0.15) is 22.8 Å². The fraction of sp³-hybridized carbons (Fsp3) is 0.194. The highest BCUT2D eigenvalue weighted by atomic mass is 79.9. The van der Waals surface area contributed by atoms with Crippen LogP contribution in [0.2, 0.25) is 0 Å². The van der Waals surface area contributed by atoms with E-state index in [9.17, 15) is 14.0 Å². The fourth-order valence-electron chi connectivity index (χ4n) is 5.33. The van der Waals surface area contributed by atoms with Crippen molar-refractivity contribution in [2.24, 2.45) is 0 Å². The standard InChI is InChI=1S/C31H26BrFN4O3/c1-40-26-11-5-20-3-2-4-21(27(20)15-26)13-30(39)37-18-31(19-37,22-6-8-23(32)9-7-22)35-29(38)14-25-17-36-16-24(33)10-12-28(36)34-25/h2-12,15-17H,13-14,18-19H2,1H3,(H,35,38). The number of likely N-dealkylation sites (tertiary alicyclic amines) is 1. The number of aromatic nitrogens is 2. The lowest BCUT2D eigenvalue weighted by Crippen LogP contribution is -2.69. The van der Waals surface area contributed by atoms with Crippen molar-refractivity contribution in [2.45, 2.75) is 18.4 Å². The Balaban J connectivity index is 1.20. The largest absolute Gasteiger partial charge is 0.497 e. The number of methoxy groups -OCH3 is 1. The first-order valence-electron chi connectivity index (χ1n) is 12.9. The molecule has 0 saturated carbocycles. The van der Waals surface area contributed by atoms with Gasteiger partial charge in [0.05, 0.1) is 25.6 Å². The molecule has 1 fully saturated rings. The van der Waals surface area contributed by atoms with Crippen LogP contribution in [0, 0.1) is 5.82 Å². The molecule has 2 amide bonds. The van der Waals surface area contributed by atoms with Gasteiger partial charge >= 0.3 is 0 Å². The molecule has 1 aliphatic heterocycles. The Morgan fingerprint density at radius 2 is 1.82 bits per heavy atom. The van der Waals surface area contributed by atoms with E-state index in [1.165, 1.54) is 12.3 Å². The van der Waals surface area contributed by atoms with E-state index in [1.54, 1.807) is 28.7 Å². The predicted octanol–water partition coefficient (Wildman–Crippen LogP) is 5.04. The number of hydrogen-bond donors (Lipinski definition) is 1. The van der Waals surface area contributed by atoms with E-state index in [-0.39, 0.29) is 30.5 Å². The molecule has 1 N–H and O–H groups in total. The summed E-state index contributed by atoms with van der Waals surface area (Å²) in [6.07, 6.45) is 3.26. The lowest BCUT2D eigenvalue weighted by Gasteiger charge is -2.51. The summed E-state index contributed by atoms with van der Waals surface area (Å²) in [5.74, 6) is 0.126. The molecule has 0 radical (unpaired) electrons. The highest BCUT2D eigenvalue weighted by molar-refractivity contribution is 9.10. The van der Waals surface area contributed by atoms with Crippen LogP contribution in [-0.2, 0) is 28.0 Å². The molecule has 3 aromatic carbocycles. The molecule has 0 aliphatic carbocycles. The molecule has 202 valence electrons. The maximum Gasteiger partial charge on any atom is 0.227 e. The van der Waals surface area contributed by atoms with Crippen molar-refractivity contribution in [2.75, 3.05) is 20.2 Å². The van der Waals surface area contributed by atoms with Gasteiger partial charge in [0.2, 0.25) is 11.8 Å². The third-order valence-electron chi connectivity index (χ3n) is 7.38. The van der Waals surface area contributed by atoms with Crippen molar-refractivity contribution in [3.63, 3.8) is 0 Å². The van der Waals surface area contributed by atoms with Crippen molar-refractivity contribution in [3.05, 3.63) is 112 Å². The van der Waals surface area contributed by atoms with Gasteiger partial charge in [-0.15, -0.1) is 0 Å². The fourth-order valence-corrected chi connectivity index (χ4v) is 5.60. The summed E-state index contributed by atoms with van der Waals surface area (Å²) < 4.78 is 21.5. The summed E-state index contributed by atoms with van der Waals surface area (Å²) in [6, 6.07) is 22.4. The van der Waals surface area contributed by atoms with Crippen LogP contribution in [0.5, 0.6) is 5.75 Å². The molecule has 0 atom stereocenters. The van der Waals surface area contributed by atoms with Crippen LogP contribution >= 0.6 is 15.9 Å². The molecule has 3 heterocycles. The molecule has 1 aliphatic rings. The van der Waals surface area contributed by atoms with E-state index in [2.05, 4.69) is 26.2 Å². The molecule has 0 unspecified atom stereocenters. The molecule has 7 nitrogen and oxygen atoms in total. The van der Waals surface area contributed by atoms with Crippen LogP contribution in [-0.4, -0.2) is 46.3 Å². The minimum absolute atomic E-state index is 0.0142. The number of rotatable bonds is 7. The second kappa shape index (κ2) is 10.4. The van der Waals surface area contributed by atoms with Gasteiger partial charge in [0.15, 0.2) is 0 Å². The van der Waals surface area contributed by atoms with Crippen molar-refractivity contribution in [1.29, 1.82) is 0 Å². The number of carbonyl (C=O) groups is 2. The summed E-state index contributed by atoms with van der Waals surface area (Å²) in [5.41, 5.74) is 2.22. The Morgan fingerprint density at radius 3 is 2.60 bits per heavy atom. The molecular formula is C31H26BrFN4O3. The van der Waals surface area contributed by atoms with Crippen LogP contribution in [0.1, 0.15) is 16.8 Å². The van der Waals surface area contributed by atoms with Gasteiger partial charge in [-0.25, -0.2) is 9.37 Å². The molecule has 9 heteroatoms. The summed E-state index contributed by atoms with van der Waals surface area (Å²) in [4.78, 5) is 32.8. The molecular weight excluding hydrogens is 575 g/mol. The third-order valence-corrected chi connectivity index (χ3v) is 7.91. The van der Waals surface area contributed by atoms with Crippen LogP contribution in [0.25, 0.3) is 16.4 Å². The van der Waals surface area contributed by atoms with E-state index >= 15 is 0 Å². The molecule has 0 bridgehead atoms. The van der Waals surface area contributed by atoms with Crippen molar-refractivity contribution in [3.8, 4) is 5.75 Å². The average molecular weight is 601 g/mol. The van der Waals surface area contributed by atoms with Gasteiger partial charge in [-0.1, -0.05) is 52.3 Å².